The summed E-state index contributed by atoms with van der Waals surface area (Å²) in [5, 5.41) is 2.88. The zero-order chi connectivity index (χ0) is 18.9. The predicted octanol–water partition coefficient (Wildman–Crippen LogP) is 3.03. The van der Waals surface area contributed by atoms with Crippen LogP contribution in [0.3, 0.4) is 0 Å². The van der Waals surface area contributed by atoms with E-state index in [1.165, 1.54) is 0 Å². The van der Waals surface area contributed by atoms with Crippen LogP contribution in [0.4, 0.5) is 0 Å². The van der Waals surface area contributed by atoms with Crippen molar-refractivity contribution in [1.29, 1.82) is 0 Å². The van der Waals surface area contributed by atoms with Crippen LogP contribution in [0.2, 0.25) is 0 Å². The van der Waals surface area contributed by atoms with E-state index in [2.05, 4.69) is 22.4 Å². The molecule has 0 saturated heterocycles. The highest BCUT2D eigenvalue weighted by Crippen LogP contribution is 2.17. The summed E-state index contributed by atoms with van der Waals surface area (Å²) in [6.45, 7) is 3.74. The quantitative estimate of drug-likeness (QED) is 0.633. The van der Waals surface area contributed by atoms with Crippen molar-refractivity contribution < 1.29 is 14.3 Å². The van der Waals surface area contributed by atoms with E-state index in [-0.39, 0.29) is 12.5 Å². The van der Waals surface area contributed by atoms with E-state index in [0.717, 1.165) is 23.4 Å². The molecule has 0 saturated carbocycles. The SMILES string of the molecule is CCOc1ccc(OCC(=O)NCc2cccc(Cn3ccnc3)c2)cc1. The maximum absolute atomic E-state index is 12.0. The molecule has 1 amide bonds. The van der Waals surface area contributed by atoms with Crippen LogP contribution in [0.5, 0.6) is 11.5 Å². The average Bonchev–Trinajstić information content (AvgIpc) is 3.19. The van der Waals surface area contributed by atoms with Crippen molar-refractivity contribution in [1.82, 2.24) is 14.9 Å². The first-order valence-corrected chi connectivity index (χ1v) is 8.89. The Morgan fingerprint density at radius 1 is 1.07 bits per heavy atom. The minimum atomic E-state index is -0.163. The van der Waals surface area contributed by atoms with Crippen molar-refractivity contribution in [3.8, 4) is 11.5 Å². The molecule has 1 heterocycles. The molecule has 3 rings (SSSR count). The fraction of sp³-hybridized carbons (Fsp3) is 0.238. The maximum atomic E-state index is 12.0. The average molecular weight is 365 g/mol. The Morgan fingerprint density at radius 3 is 2.52 bits per heavy atom. The number of hydrogen-bond acceptors (Lipinski definition) is 4. The van der Waals surface area contributed by atoms with Gasteiger partial charge in [0.15, 0.2) is 6.61 Å². The van der Waals surface area contributed by atoms with E-state index >= 15 is 0 Å². The van der Waals surface area contributed by atoms with Gasteiger partial charge in [-0.15, -0.1) is 0 Å². The Kier molecular flexibility index (Phi) is 6.46. The number of rotatable bonds is 9. The lowest BCUT2D eigenvalue weighted by Gasteiger charge is -2.10. The smallest absolute Gasteiger partial charge is 0.258 e. The number of carbonyl (C=O) groups excluding carboxylic acids is 1. The van der Waals surface area contributed by atoms with Crippen LogP contribution in [0.25, 0.3) is 0 Å². The van der Waals surface area contributed by atoms with Crippen LogP contribution in [0, 0.1) is 0 Å². The number of nitrogens with zero attached hydrogens (tertiary/aromatic N) is 2. The molecule has 0 radical (unpaired) electrons. The minimum Gasteiger partial charge on any atom is -0.494 e. The van der Waals surface area contributed by atoms with Gasteiger partial charge in [-0.05, 0) is 42.3 Å². The number of imidazole rings is 1. The van der Waals surface area contributed by atoms with Crippen molar-refractivity contribution in [3.63, 3.8) is 0 Å². The van der Waals surface area contributed by atoms with Crippen molar-refractivity contribution in [3.05, 3.63) is 78.4 Å². The summed E-state index contributed by atoms with van der Waals surface area (Å²) in [5.74, 6) is 1.25. The highest BCUT2D eigenvalue weighted by Gasteiger charge is 2.04. The van der Waals surface area contributed by atoms with Gasteiger partial charge in [0, 0.05) is 25.5 Å². The van der Waals surface area contributed by atoms with E-state index in [1.807, 2.05) is 42.0 Å². The van der Waals surface area contributed by atoms with Crippen molar-refractivity contribution >= 4 is 5.91 Å². The standard InChI is InChI=1S/C21H23N3O3/c1-2-26-19-6-8-20(9-7-19)27-15-21(25)23-13-17-4-3-5-18(12-17)14-24-11-10-22-16-24/h3-12,16H,2,13-15H2,1H3,(H,23,25). The van der Waals surface area contributed by atoms with Gasteiger partial charge in [0.05, 0.1) is 12.9 Å². The van der Waals surface area contributed by atoms with Gasteiger partial charge >= 0.3 is 0 Å². The van der Waals surface area contributed by atoms with Crippen LogP contribution in [0.15, 0.2) is 67.3 Å². The Hall–Kier alpha value is -3.28. The molecule has 0 bridgehead atoms. The topological polar surface area (TPSA) is 65.4 Å². The summed E-state index contributed by atoms with van der Waals surface area (Å²) >= 11 is 0. The molecule has 6 nitrogen and oxygen atoms in total. The highest BCUT2D eigenvalue weighted by atomic mass is 16.5. The van der Waals surface area contributed by atoms with E-state index in [0.29, 0.717) is 18.9 Å². The van der Waals surface area contributed by atoms with E-state index in [4.69, 9.17) is 9.47 Å². The third-order valence-electron chi connectivity index (χ3n) is 3.91. The first kappa shape index (κ1) is 18.5. The zero-order valence-corrected chi connectivity index (χ0v) is 15.3. The molecule has 1 N–H and O–H groups in total. The number of amides is 1. The summed E-state index contributed by atoms with van der Waals surface area (Å²) in [6.07, 6.45) is 5.47. The Labute approximate surface area is 158 Å². The van der Waals surface area contributed by atoms with Crippen molar-refractivity contribution in [2.24, 2.45) is 0 Å². The Balaban J connectivity index is 1.44. The molecule has 6 heteroatoms. The normalized spacial score (nSPS) is 10.4. The van der Waals surface area contributed by atoms with E-state index < -0.39 is 0 Å². The van der Waals surface area contributed by atoms with Gasteiger partial charge in [-0.2, -0.15) is 0 Å². The number of aromatic nitrogens is 2. The van der Waals surface area contributed by atoms with Gasteiger partial charge < -0.3 is 19.4 Å². The summed E-state index contributed by atoms with van der Waals surface area (Å²) in [5.41, 5.74) is 2.20. The molecule has 0 aliphatic heterocycles. The fourth-order valence-corrected chi connectivity index (χ4v) is 2.63. The molecule has 140 valence electrons. The first-order valence-electron chi connectivity index (χ1n) is 8.89. The minimum absolute atomic E-state index is 0.0251. The zero-order valence-electron chi connectivity index (χ0n) is 15.3. The molecule has 0 atom stereocenters. The largest absolute Gasteiger partial charge is 0.494 e. The number of nitrogens with one attached hydrogen (secondary N) is 1. The van der Waals surface area contributed by atoms with Gasteiger partial charge in [0.1, 0.15) is 11.5 Å². The second-order valence-corrected chi connectivity index (χ2v) is 6.02. The van der Waals surface area contributed by atoms with Crippen LogP contribution < -0.4 is 14.8 Å². The molecule has 0 spiro atoms. The fourth-order valence-electron chi connectivity index (χ4n) is 2.63. The van der Waals surface area contributed by atoms with Gasteiger partial charge in [-0.1, -0.05) is 24.3 Å². The second kappa shape index (κ2) is 9.43. The van der Waals surface area contributed by atoms with Crippen LogP contribution in [-0.4, -0.2) is 28.7 Å². The summed E-state index contributed by atoms with van der Waals surface area (Å²) < 4.78 is 12.9. The number of benzene rings is 2. The van der Waals surface area contributed by atoms with Gasteiger partial charge in [0.2, 0.25) is 0 Å². The predicted molar refractivity (Wildman–Crippen MR) is 103 cm³/mol. The summed E-state index contributed by atoms with van der Waals surface area (Å²) in [6, 6.07) is 15.3. The molecule has 0 aliphatic rings. The van der Waals surface area contributed by atoms with Gasteiger partial charge in [0.25, 0.3) is 5.91 Å². The molecule has 3 aromatic rings. The molecule has 2 aromatic carbocycles. The summed E-state index contributed by atoms with van der Waals surface area (Å²) in [7, 11) is 0. The van der Waals surface area contributed by atoms with E-state index in [1.54, 1.807) is 24.7 Å². The molecule has 27 heavy (non-hydrogen) atoms. The number of hydrogen-bond donors (Lipinski definition) is 1. The van der Waals surface area contributed by atoms with Crippen molar-refractivity contribution in [2.45, 2.75) is 20.0 Å². The van der Waals surface area contributed by atoms with Crippen molar-refractivity contribution in [2.75, 3.05) is 13.2 Å². The number of carbonyl (C=O) groups is 1. The van der Waals surface area contributed by atoms with Gasteiger partial charge in [-0.3, -0.25) is 4.79 Å². The monoisotopic (exact) mass is 365 g/mol. The Morgan fingerprint density at radius 2 is 1.81 bits per heavy atom. The van der Waals surface area contributed by atoms with Gasteiger partial charge in [-0.25, -0.2) is 4.98 Å². The molecule has 0 fully saturated rings. The van der Waals surface area contributed by atoms with E-state index in [9.17, 15) is 4.79 Å². The molecule has 0 unspecified atom stereocenters. The lowest BCUT2D eigenvalue weighted by Crippen LogP contribution is -2.28. The number of ether oxygens (including phenoxy) is 2. The third kappa shape index (κ3) is 5.88. The lowest BCUT2D eigenvalue weighted by molar-refractivity contribution is -0.123. The molecular formula is C21H23N3O3. The molecular weight excluding hydrogens is 342 g/mol. The van der Waals surface area contributed by atoms with Crippen LogP contribution in [0.1, 0.15) is 18.1 Å². The van der Waals surface area contributed by atoms with Crippen LogP contribution >= 0.6 is 0 Å². The lowest BCUT2D eigenvalue weighted by atomic mass is 10.1. The van der Waals surface area contributed by atoms with Crippen LogP contribution in [-0.2, 0) is 17.9 Å². The Bertz CT molecular complexity index is 845. The highest BCUT2D eigenvalue weighted by molar-refractivity contribution is 5.77. The molecule has 1 aromatic heterocycles. The second-order valence-electron chi connectivity index (χ2n) is 6.02. The third-order valence-corrected chi connectivity index (χ3v) is 3.91. The summed E-state index contributed by atoms with van der Waals surface area (Å²) in [4.78, 5) is 16.1. The molecule has 0 aliphatic carbocycles. The first-order chi connectivity index (χ1) is 13.2. The maximum Gasteiger partial charge on any atom is 0.258 e.